The molecule has 0 aliphatic carbocycles. The van der Waals surface area contributed by atoms with E-state index in [4.69, 9.17) is 9.47 Å². The van der Waals surface area contributed by atoms with Crippen molar-refractivity contribution in [3.63, 3.8) is 0 Å². The maximum atomic E-state index is 12.4. The normalized spacial score (nSPS) is 17.2. The number of aliphatic imine (C=N–C) groups is 1. The van der Waals surface area contributed by atoms with Gasteiger partial charge in [-0.15, -0.1) is 0 Å². The Hall–Kier alpha value is -2.88. The van der Waals surface area contributed by atoms with Gasteiger partial charge in [0.25, 0.3) is 0 Å². The third kappa shape index (κ3) is 3.03. The van der Waals surface area contributed by atoms with E-state index in [1.54, 1.807) is 0 Å². The van der Waals surface area contributed by atoms with Gasteiger partial charge in [0.15, 0.2) is 6.04 Å². The van der Waals surface area contributed by atoms with Crippen molar-refractivity contribution in [2.45, 2.75) is 32.4 Å². The van der Waals surface area contributed by atoms with Crippen LogP contribution in [-0.4, -0.2) is 30.1 Å². The highest BCUT2D eigenvalue weighted by molar-refractivity contribution is 6.18. The van der Waals surface area contributed by atoms with Crippen LogP contribution in [-0.2, 0) is 14.3 Å². The zero-order valence-corrected chi connectivity index (χ0v) is 15.2. The molecule has 1 aliphatic heterocycles. The van der Waals surface area contributed by atoms with Crippen LogP contribution < -0.4 is 0 Å². The molecule has 4 rings (SSSR count). The molecule has 26 heavy (non-hydrogen) atoms. The van der Waals surface area contributed by atoms with Crippen molar-refractivity contribution in [2.24, 2.45) is 4.99 Å². The Kier molecular flexibility index (Phi) is 3.91. The molecule has 0 spiro atoms. The van der Waals surface area contributed by atoms with E-state index in [1.807, 2.05) is 45.0 Å². The van der Waals surface area contributed by atoms with Gasteiger partial charge in [-0.1, -0.05) is 48.5 Å². The number of fused-ring (bicyclic) bond motifs is 2. The summed E-state index contributed by atoms with van der Waals surface area (Å²) in [5, 5.41) is 4.37. The predicted molar refractivity (Wildman–Crippen MR) is 104 cm³/mol. The largest absolute Gasteiger partial charge is 0.475 e. The molecule has 0 fully saturated rings. The van der Waals surface area contributed by atoms with E-state index in [0.717, 1.165) is 27.1 Å². The first-order chi connectivity index (χ1) is 12.4. The molecule has 0 radical (unpaired) electrons. The molecule has 0 amide bonds. The Morgan fingerprint density at radius 3 is 2.19 bits per heavy atom. The summed E-state index contributed by atoms with van der Waals surface area (Å²) in [7, 11) is 0. The number of carbonyl (C=O) groups excluding carboxylic acids is 1. The third-order valence-electron chi connectivity index (χ3n) is 4.31. The highest BCUT2D eigenvalue weighted by Gasteiger charge is 2.31. The minimum Gasteiger partial charge on any atom is -0.475 e. The number of rotatable bonds is 2. The van der Waals surface area contributed by atoms with Gasteiger partial charge in [0.1, 0.15) is 12.2 Å². The molecule has 132 valence electrons. The van der Waals surface area contributed by atoms with Gasteiger partial charge in [-0.3, -0.25) is 0 Å². The van der Waals surface area contributed by atoms with Crippen LogP contribution in [0.2, 0.25) is 0 Å². The zero-order chi connectivity index (χ0) is 18.3. The monoisotopic (exact) mass is 347 g/mol. The van der Waals surface area contributed by atoms with Crippen LogP contribution in [0.4, 0.5) is 0 Å². The first-order valence-corrected chi connectivity index (χ1v) is 8.77. The summed E-state index contributed by atoms with van der Waals surface area (Å²) in [6.07, 6.45) is 0. The SMILES string of the molecule is CC(C)(C)OC(=O)C1COC(c2c3ccccc3cc3ccccc23)=N1. The van der Waals surface area contributed by atoms with Gasteiger partial charge >= 0.3 is 5.97 Å². The van der Waals surface area contributed by atoms with Gasteiger partial charge in [-0.05, 0) is 48.4 Å². The Morgan fingerprint density at radius 1 is 1.04 bits per heavy atom. The molecule has 3 aromatic carbocycles. The van der Waals surface area contributed by atoms with Gasteiger partial charge < -0.3 is 9.47 Å². The number of carbonyl (C=O) groups is 1. The Bertz CT molecular complexity index is 976. The summed E-state index contributed by atoms with van der Waals surface area (Å²) in [6, 6.07) is 17.8. The van der Waals surface area contributed by atoms with E-state index in [1.165, 1.54) is 0 Å². The van der Waals surface area contributed by atoms with Crippen LogP contribution in [0.25, 0.3) is 21.5 Å². The molecular formula is C22H21NO3. The number of hydrogen-bond donors (Lipinski definition) is 0. The Morgan fingerprint density at radius 2 is 1.62 bits per heavy atom. The standard InChI is InChI=1S/C22H21NO3/c1-22(2,3)26-21(24)18-13-25-20(23-18)19-16-10-6-4-8-14(16)12-15-9-5-7-11-17(15)19/h4-12,18H,13H2,1-3H3. The molecule has 3 aromatic rings. The molecule has 0 N–H and O–H groups in total. The van der Waals surface area contributed by atoms with Crippen molar-refractivity contribution in [1.29, 1.82) is 0 Å². The van der Waals surface area contributed by atoms with Crippen LogP contribution in [0.3, 0.4) is 0 Å². The van der Waals surface area contributed by atoms with Crippen LogP contribution in [0, 0.1) is 0 Å². The van der Waals surface area contributed by atoms with E-state index < -0.39 is 11.6 Å². The maximum Gasteiger partial charge on any atom is 0.335 e. The molecule has 0 saturated heterocycles. The summed E-state index contributed by atoms with van der Waals surface area (Å²) in [6.45, 7) is 5.76. The van der Waals surface area contributed by atoms with Crippen molar-refractivity contribution < 1.29 is 14.3 Å². The van der Waals surface area contributed by atoms with E-state index in [0.29, 0.717) is 5.90 Å². The second kappa shape index (κ2) is 6.13. The van der Waals surface area contributed by atoms with Crippen molar-refractivity contribution in [1.82, 2.24) is 0 Å². The van der Waals surface area contributed by atoms with Crippen LogP contribution >= 0.6 is 0 Å². The number of benzene rings is 3. The molecule has 4 heteroatoms. The lowest BCUT2D eigenvalue weighted by atomic mass is 9.96. The topological polar surface area (TPSA) is 47.9 Å². The number of esters is 1. The van der Waals surface area contributed by atoms with Crippen LogP contribution in [0.1, 0.15) is 26.3 Å². The molecule has 1 aliphatic rings. The fourth-order valence-electron chi connectivity index (χ4n) is 3.25. The average molecular weight is 347 g/mol. The van der Waals surface area contributed by atoms with E-state index in [2.05, 4.69) is 35.3 Å². The number of nitrogens with zero attached hydrogens (tertiary/aromatic N) is 1. The fourth-order valence-corrected chi connectivity index (χ4v) is 3.25. The zero-order valence-electron chi connectivity index (χ0n) is 15.2. The molecule has 1 unspecified atom stereocenters. The smallest absolute Gasteiger partial charge is 0.335 e. The van der Waals surface area contributed by atoms with Crippen molar-refractivity contribution >= 4 is 33.4 Å². The fraction of sp³-hybridized carbons (Fsp3) is 0.273. The van der Waals surface area contributed by atoms with Gasteiger partial charge in [0, 0.05) is 0 Å². The summed E-state index contributed by atoms with van der Waals surface area (Å²) in [5.41, 5.74) is 0.395. The lowest BCUT2D eigenvalue weighted by Crippen LogP contribution is -2.31. The number of hydrogen-bond acceptors (Lipinski definition) is 4. The van der Waals surface area contributed by atoms with E-state index in [9.17, 15) is 4.79 Å². The molecule has 0 aromatic heterocycles. The van der Waals surface area contributed by atoms with E-state index in [-0.39, 0.29) is 12.6 Å². The van der Waals surface area contributed by atoms with Crippen molar-refractivity contribution in [2.75, 3.05) is 6.61 Å². The minimum absolute atomic E-state index is 0.210. The van der Waals surface area contributed by atoms with Gasteiger partial charge in [0.05, 0.1) is 5.56 Å². The first kappa shape index (κ1) is 16.6. The average Bonchev–Trinajstić information content (AvgIpc) is 3.08. The molecule has 4 nitrogen and oxygen atoms in total. The highest BCUT2D eigenvalue weighted by Crippen LogP contribution is 2.31. The number of ether oxygens (including phenoxy) is 2. The summed E-state index contributed by atoms with van der Waals surface area (Å²) >= 11 is 0. The first-order valence-electron chi connectivity index (χ1n) is 8.77. The molecule has 0 bridgehead atoms. The van der Waals surface area contributed by atoms with Gasteiger partial charge in [0.2, 0.25) is 5.90 Å². The molecule has 1 atom stereocenters. The van der Waals surface area contributed by atoms with Gasteiger partial charge in [-0.2, -0.15) is 0 Å². The third-order valence-corrected chi connectivity index (χ3v) is 4.31. The van der Waals surface area contributed by atoms with E-state index >= 15 is 0 Å². The van der Waals surface area contributed by atoms with Crippen LogP contribution in [0.5, 0.6) is 0 Å². The van der Waals surface area contributed by atoms with Gasteiger partial charge in [-0.25, -0.2) is 9.79 Å². The Labute approximate surface area is 152 Å². The lowest BCUT2D eigenvalue weighted by Gasteiger charge is -2.20. The summed E-state index contributed by atoms with van der Waals surface area (Å²) < 4.78 is 11.3. The second-order valence-corrected chi connectivity index (χ2v) is 7.49. The molecular weight excluding hydrogens is 326 g/mol. The predicted octanol–water partition coefficient (Wildman–Crippen LogP) is 4.48. The quantitative estimate of drug-likeness (QED) is 0.507. The molecule has 0 saturated carbocycles. The van der Waals surface area contributed by atoms with Crippen molar-refractivity contribution in [3.8, 4) is 0 Å². The highest BCUT2D eigenvalue weighted by atomic mass is 16.6. The minimum atomic E-state index is -0.623. The van der Waals surface area contributed by atoms with Crippen LogP contribution in [0.15, 0.2) is 59.6 Å². The summed E-state index contributed by atoms with van der Waals surface area (Å²) in [4.78, 5) is 16.9. The second-order valence-electron chi connectivity index (χ2n) is 7.49. The Balaban J connectivity index is 1.83. The maximum absolute atomic E-state index is 12.4. The molecule has 1 heterocycles. The van der Waals surface area contributed by atoms with Crippen molar-refractivity contribution in [3.05, 3.63) is 60.2 Å². The lowest BCUT2D eigenvalue weighted by molar-refractivity contribution is -0.156. The summed E-state index contributed by atoms with van der Waals surface area (Å²) in [5.74, 6) is 0.158.